The third-order valence-corrected chi connectivity index (χ3v) is 8.27. The number of nitrogens with two attached hydrogens (primary N) is 1. The summed E-state index contributed by atoms with van der Waals surface area (Å²) in [6.45, 7) is 1.67. The van der Waals surface area contributed by atoms with Gasteiger partial charge in [0.2, 0.25) is 11.8 Å². The number of aliphatic hydroxyl groups is 1. The molecule has 2 aliphatic rings. The summed E-state index contributed by atoms with van der Waals surface area (Å²) < 4.78 is 26.0. The van der Waals surface area contributed by atoms with E-state index in [4.69, 9.17) is 26.8 Å². The van der Waals surface area contributed by atoms with Gasteiger partial charge in [-0.2, -0.15) is 0 Å². The zero-order valence-electron chi connectivity index (χ0n) is 24.3. The van der Waals surface area contributed by atoms with E-state index in [-0.39, 0.29) is 68.1 Å². The Hall–Kier alpha value is -3.34. The molecule has 0 unspecified atom stereocenters. The Labute approximate surface area is 273 Å². The molecular weight excluding hydrogens is 656 g/mol. The number of cyclic esters (lactones) is 1. The quantitative estimate of drug-likeness (QED) is 0.283. The summed E-state index contributed by atoms with van der Waals surface area (Å²) in [5.74, 6) is -2.74. The first-order valence-electron chi connectivity index (χ1n) is 13.9. The van der Waals surface area contributed by atoms with E-state index in [0.717, 1.165) is 27.2 Å². The fraction of sp³-hybridized carbons (Fsp3) is 0.464. The molecular formula is C28H34Cl2FN5O8S. The van der Waals surface area contributed by atoms with E-state index < -0.39 is 47.9 Å². The summed E-state index contributed by atoms with van der Waals surface area (Å²) in [5, 5.41) is 12.0. The molecule has 2 aromatic rings. The van der Waals surface area contributed by atoms with Crippen molar-refractivity contribution in [1.82, 2.24) is 10.2 Å². The van der Waals surface area contributed by atoms with Crippen LogP contribution in [-0.4, -0.2) is 97.4 Å². The number of aliphatic hydroxyl groups excluding tert-OH is 1. The third-order valence-electron chi connectivity index (χ3n) is 7.05. The second-order valence-corrected chi connectivity index (χ2v) is 12.0. The molecule has 0 saturated carbocycles. The first-order chi connectivity index (χ1) is 21.0. The van der Waals surface area contributed by atoms with Crippen LogP contribution in [0.4, 0.5) is 20.6 Å². The average Bonchev–Trinajstić information content (AvgIpc) is 3.59. The Balaban J connectivity index is 0.00000552. The second kappa shape index (κ2) is 16.3. The molecule has 2 fully saturated rings. The number of anilines is 2. The van der Waals surface area contributed by atoms with Gasteiger partial charge in [-0.1, -0.05) is 11.6 Å². The maximum absolute atomic E-state index is 15.2. The smallest absolute Gasteiger partial charge is 0.414 e. The number of nitrogens with zero attached hydrogens (tertiary/aromatic N) is 3. The Bertz CT molecular complexity index is 1410. The van der Waals surface area contributed by atoms with Crippen LogP contribution in [0.5, 0.6) is 0 Å². The van der Waals surface area contributed by atoms with Crippen molar-refractivity contribution in [3.8, 4) is 0 Å². The van der Waals surface area contributed by atoms with Gasteiger partial charge in [0, 0.05) is 25.2 Å². The van der Waals surface area contributed by atoms with Gasteiger partial charge in [0.15, 0.2) is 0 Å². The summed E-state index contributed by atoms with van der Waals surface area (Å²) in [6, 6.07) is 5.97. The van der Waals surface area contributed by atoms with Crippen LogP contribution >= 0.6 is 35.3 Å². The lowest BCUT2D eigenvalue weighted by molar-refractivity contribution is -0.129. The highest BCUT2D eigenvalue weighted by molar-refractivity contribution is 7.18. The molecule has 17 heteroatoms. The van der Waals surface area contributed by atoms with Crippen molar-refractivity contribution in [3.05, 3.63) is 45.4 Å². The minimum Gasteiger partial charge on any atom is -0.442 e. The van der Waals surface area contributed by atoms with Crippen molar-refractivity contribution in [1.29, 1.82) is 0 Å². The van der Waals surface area contributed by atoms with Crippen molar-refractivity contribution in [2.24, 2.45) is 5.73 Å². The molecule has 45 heavy (non-hydrogen) atoms. The fourth-order valence-corrected chi connectivity index (χ4v) is 5.63. The van der Waals surface area contributed by atoms with Crippen molar-refractivity contribution in [2.75, 3.05) is 49.2 Å². The number of carbonyl (C=O) groups excluding carboxylic acids is 5. The van der Waals surface area contributed by atoms with Crippen LogP contribution in [0.1, 0.15) is 35.9 Å². The molecule has 2 aliphatic heterocycles. The first-order valence-corrected chi connectivity index (χ1v) is 15.1. The lowest BCUT2D eigenvalue weighted by atomic mass is 10.1. The van der Waals surface area contributed by atoms with Gasteiger partial charge in [-0.05, 0) is 50.1 Å². The van der Waals surface area contributed by atoms with Crippen LogP contribution in [0, 0.1) is 5.82 Å². The summed E-state index contributed by atoms with van der Waals surface area (Å²) in [4.78, 5) is 67.0. The zero-order chi connectivity index (χ0) is 32.0. The molecule has 4 rings (SSSR count). The molecule has 1 aromatic heterocycles. The molecule has 246 valence electrons. The van der Waals surface area contributed by atoms with Crippen LogP contribution < -0.4 is 20.9 Å². The molecule has 3 heterocycles. The topological polar surface area (TPSA) is 172 Å². The number of benzene rings is 1. The van der Waals surface area contributed by atoms with E-state index in [1.807, 2.05) is 0 Å². The monoisotopic (exact) mass is 689 g/mol. The van der Waals surface area contributed by atoms with Gasteiger partial charge in [-0.25, -0.2) is 9.18 Å². The number of carbonyl (C=O) groups is 5. The Morgan fingerprint density at radius 3 is 2.62 bits per heavy atom. The molecule has 2 saturated heterocycles. The summed E-state index contributed by atoms with van der Waals surface area (Å²) in [7, 11) is 0. The van der Waals surface area contributed by atoms with E-state index in [0.29, 0.717) is 29.5 Å². The maximum atomic E-state index is 15.2. The van der Waals surface area contributed by atoms with Gasteiger partial charge in [-0.15, -0.1) is 23.7 Å². The van der Waals surface area contributed by atoms with Crippen molar-refractivity contribution in [2.45, 2.75) is 44.4 Å². The number of unbranched alkanes of at least 4 members (excludes halogenated alkanes) is 1. The van der Waals surface area contributed by atoms with Crippen molar-refractivity contribution >= 4 is 76.4 Å². The van der Waals surface area contributed by atoms with Crippen LogP contribution in [0.25, 0.3) is 0 Å². The van der Waals surface area contributed by atoms with Gasteiger partial charge in [0.25, 0.3) is 11.8 Å². The van der Waals surface area contributed by atoms with Gasteiger partial charge in [0.05, 0.1) is 40.7 Å². The Kier molecular flexibility index (Phi) is 13.1. The number of halogens is 3. The van der Waals surface area contributed by atoms with E-state index in [2.05, 4.69) is 5.32 Å². The molecule has 13 nitrogen and oxygen atoms in total. The third kappa shape index (κ3) is 9.11. The van der Waals surface area contributed by atoms with Gasteiger partial charge >= 0.3 is 6.09 Å². The molecule has 3 atom stereocenters. The van der Waals surface area contributed by atoms with Crippen LogP contribution in [-0.2, 0) is 23.9 Å². The second-order valence-electron chi connectivity index (χ2n) is 10.3. The number of hydrogen-bond donors (Lipinski definition) is 3. The number of imide groups is 1. The van der Waals surface area contributed by atoms with Gasteiger partial charge < -0.3 is 30.5 Å². The zero-order valence-corrected chi connectivity index (χ0v) is 26.7. The summed E-state index contributed by atoms with van der Waals surface area (Å²) >= 11 is 6.99. The maximum Gasteiger partial charge on any atom is 0.414 e. The minimum atomic E-state index is -1.07. The lowest BCUT2D eigenvalue weighted by Gasteiger charge is -2.27. The molecule has 4 N–H and O–H groups in total. The summed E-state index contributed by atoms with van der Waals surface area (Å²) in [6.07, 6.45) is -2.16. The standard InChI is InChI=1S/C28H33ClFN5O8S.ClH/c1-16(36)25(31)26(39)32-9-3-2-4-23(37)35(27(40)21-7-8-22(29)44-21)14-18-13-34(28(41)43-18)20-6-5-17(12-19(20)30)33-10-11-42-15-24(33)38;/h5-8,12,16,18,25,36H,2-4,9-11,13-15,31H2,1H3,(H,32,39);1H/t16-,18-,25+;/m1./s1. The Morgan fingerprint density at radius 1 is 1.22 bits per heavy atom. The number of amides is 5. The SMILES string of the molecule is C[C@@H](O)[C@H](N)C(=O)NCCCCC(=O)N(C[C@H]1CN(c2ccc(N3CCOCC3=O)cc2F)C(=O)O1)C(=O)c1ccc(Cl)s1.Cl. The predicted octanol–water partition coefficient (Wildman–Crippen LogP) is 2.31. The number of rotatable bonds is 12. The van der Waals surface area contributed by atoms with E-state index >= 15 is 4.39 Å². The van der Waals surface area contributed by atoms with Crippen molar-refractivity contribution < 1.29 is 42.9 Å². The number of hydrogen-bond acceptors (Lipinski definition) is 10. The average molecular weight is 691 g/mol. The highest BCUT2D eigenvalue weighted by Crippen LogP contribution is 2.30. The molecule has 0 spiro atoms. The molecule has 0 radical (unpaired) electrons. The van der Waals surface area contributed by atoms with Gasteiger partial charge in [0.1, 0.15) is 24.6 Å². The minimum absolute atomic E-state index is 0. The van der Waals surface area contributed by atoms with Crippen LogP contribution in [0.3, 0.4) is 0 Å². The van der Waals surface area contributed by atoms with Crippen LogP contribution in [0.2, 0.25) is 4.34 Å². The number of morpholine rings is 1. The molecule has 5 amide bonds. The van der Waals surface area contributed by atoms with Crippen molar-refractivity contribution in [3.63, 3.8) is 0 Å². The number of thiophene rings is 1. The largest absolute Gasteiger partial charge is 0.442 e. The van der Waals surface area contributed by atoms with Gasteiger partial charge in [-0.3, -0.25) is 29.0 Å². The molecule has 1 aromatic carbocycles. The first kappa shape index (κ1) is 36.1. The lowest BCUT2D eigenvalue weighted by Crippen LogP contribution is -2.47. The predicted molar refractivity (Wildman–Crippen MR) is 166 cm³/mol. The molecule has 0 aliphatic carbocycles. The highest BCUT2D eigenvalue weighted by atomic mass is 35.5. The normalized spacial score (nSPS) is 17.8. The van der Waals surface area contributed by atoms with Crippen LogP contribution in [0.15, 0.2) is 30.3 Å². The van der Waals surface area contributed by atoms with E-state index in [1.165, 1.54) is 36.1 Å². The molecule has 0 bridgehead atoms. The Morgan fingerprint density at radius 2 is 1.98 bits per heavy atom. The fourth-order valence-electron chi connectivity index (χ4n) is 4.64. The summed E-state index contributed by atoms with van der Waals surface area (Å²) in [5.41, 5.74) is 5.84. The van der Waals surface area contributed by atoms with E-state index in [9.17, 15) is 29.1 Å². The number of ether oxygens (including phenoxy) is 2. The highest BCUT2D eigenvalue weighted by Gasteiger charge is 2.38. The number of nitrogens with one attached hydrogen (secondary N) is 1. The van der Waals surface area contributed by atoms with E-state index in [1.54, 1.807) is 0 Å².